The molecule has 30 heavy (non-hydrogen) atoms. The first kappa shape index (κ1) is 19.7. The standard InChI is InChI=1S/C23H19NO5S/c1-28-21-13-12-17(14-22(21)29-2)30(26,27)24-15-20(16-8-4-3-5-9-16)18-10-6-7-11-19(18)23(24)25/h3-15H,1-2H3. The first-order valence-electron chi connectivity index (χ1n) is 9.15. The maximum absolute atomic E-state index is 13.4. The van der Waals surface area contributed by atoms with Crippen LogP contribution in [0.2, 0.25) is 0 Å². The summed E-state index contributed by atoms with van der Waals surface area (Å²) in [6, 6.07) is 20.6. The Bertz CT molecular complexity index is 1390. The molecule has 0 aliphatic heterocycles. The highest BCUT2D eigenvalue weighted by atomic mass is 32.2. The highest BCUT2D eigenvalue weighted by Gasteiger charge is 2.23. The second-order valence-corrected chi connectivity index (χ2v) is 8.39. The van der Waals surface area contributed by atoms with Crippen molar-refractivity contribution in [2.75, 3.05) is 14.2 Å². The van der Waals surface area contributed by atoms with Crippen LogP contribution in [-0.4, -0.2) is 26.6 Å². The van der Waals surface area contributed by atoms with Crippen LogP contribution in [0.15, 0.2) is 88.7 Å². The summed E-state index contributed by atoms with van der Waals surface area (Å²) in [6.07, 6.45) is 1.38. The number of aromatic nitrogens is 1. The van der Waals surface area contributed by atoms with Crippen molar-refractivity contribution in [3.8, 4) is 22.6 Å². The summed E-state index contributed by atoms with van der Waals surface area (Å²) < 4.78 is 38.0. The van der Waals surface area contributed by atoms with Crippen molar-refractivity contribution in [3.05, 3.63) is 89.3 Å². The van der Waals surface area contributed by atoms with Crippen molar-refractivity contribution in [2.45, 2.75) is 4.90 Å². The molecule has 4 aromatic rings. The number of nitrogens with zero attached hydrogens (tertiary/aromatic N) is 1. The Labute approximate surface area is 174 Å². The molecule has 0 unspecified atom stereocenters. The van der Waals surface area contributed by atoms with Gasteiger partial charge in [0, 0.05) is 23.2 Å². The van der Waals surface area contributed by atoms with Crippen molar-refractivity contribution < 1.29 is 17.9 Å². The lowest BCUT2D eigenvalue weighted by Gasteiger charge is -2.14. The normalized spacial score (nSPS) is 11.4. The van der Waals surface area contributed by atoms with Crippen LogP contribution in [0.4, 0.5) is 0 Å². The van der Waals surface area contributed by atoms with Gasteiger partial charge >= 0.3 is 0 Å². The molecule has 0 fully saturated rings. The maximum Gasteiger partial charge on any atom is 0.272 e. The van der Waals surface area contributed by atoms with Crippen LogP contribution in [0, 0.1) is 0 Å². The van der Waals surface area contributed by atoms with E-state index in [0.29, 0.717) is 22.1 Å². The van der Waals surface area contributed by atoms with Crippen LogP contribution in [0.5, 0.6) is 11.5 Å². The quantitative estimate of drug-likeness (QED) is 0.488. The minimum absolute atomic E-state index is 0.0726. The molecule has 1 heterocycles. The molecule has 0 atom stereocenters. The van der Waals surface area contributed by atoms with Crippen LogP contribution >= 0.6 is 0 Å². The van der Waals surface area contributed by atoms with Crippen LogP contribution in [0.25, 0.3) is 21.9 Å². The van der Waals surface area contributed by atoms with Gasteiger partial charge in [0.05, 0.1) is 19.1 Å². The topological polar surface area (TPSA) is 74.6 Å². The highest BCUT2D eigenvalue weighted by molar-refractivity contribution is 7.90. The zero-order valence-corrected chi connectivity index (χ0v) is 17.2. The molecular weight excluding hydrogens is 402 g/mol. The highest BCUT2D eigenvalue weighted by Crippen LogP contribution is 2.31. The smallest absolute Gasteiger partial charge is 0.272 e. The van der Waals surface area contributed by atoms with Crippen molar-refractivity contribution in [2.24, 2.45) is 0 Å². The molecule has 7 heteroatoms. The predicted octanol–water partition coefficient (Wildman–Crippen LogP) is 3.92. The monoisotopic (exact) mass is 421 g/mol. The van der Waals surface area contributed by atoms with Crippen LogP contribution in [-0.2, 0) is 10.0 Å². The van der Waals surface area contributed by atoms with Crippen LogP contribution < -0.4 is 15.0 Å². The summed E-state index contributed by atoms with van der Waals surface area (Å²) >= 11 is 0. The van der Waals surface area contributed by atoms with E-state index in [1.165, 1.54) is 38.6 Å². The number of ether oxygens (including phenoxy) is 2. The molecule has 0 aliphatic carbocycles. The van der Waals surface area contributed by atoms with E-state index >= 15 is 0 Å². The van der Waals surface area contributed by atoms with Crippen LogP contribution in [0.3, 0.4) is 0 Å². The maximum atomic E-state index is 13.4. The fourth-order valence-corrected chi connectivity index (χ4v) is 4.67. The van der Waals surface area contributed by atoms with Gasteiger partial charge in [-0.2, -0.15) is 0 Å². The second kappa shape index (κ2) is 7.68. The van der Waals surface area contributed by atoms with E-state index in [9.17, 15) is 13.2 Å². The van der Waals surface area contributed by atoms with Gasteiger partial charge in [0.15, 0.2) is 11.5 Å². The third kappa shape index (κ3) is 3.23. The summed E-state index contributed by atoms with van der Waals surface area (Å²) in [7, 11) is -1.30. The number of hydrogen-bond acceptors (Lipinski definition) is 5. The zero-order chi connectivity index (χ0) is 21.3. The summed E-state index contributed by atoms with van der Waals surface area (Å²) in [6.45, 7) is 0. The van der Waals surface area contributed by atoms with E-state index in [0.717, 1.165) is 9.54 Å². The molecule has 0 bridgehead atoms. The second-order valence-electron chi connectivity index (χ2n) is 6.58. The molecule has 4 rings (SSSR count). The van der Waals surface area contributed by atoms with Gasteiger partial charge < -0.3 is 9.47 Å². The lowest BCUT2D eigenvalue weighted by molar-refractivity contribution is 0.354. The van der Waals surface area contributed by atoms with Crippen molar-refractivity contribution >= 4 is 20.8 Å². The van der Waals surface area contributed by atoms with E-state index in [1.54, 1.807) is 12.1 Å². The van der Waals surface area contributed by atoms with Gasteiger partial charge in [0.25, 0.3) is 15.6 Å². The van der Waals surface area contributed by atoms with E-state index < -0.39 is 15.6 Å². The number of methoxy groups -OCH3 is 2. The van der Waals surface area contributed by atoms with Gasteiger partial charge in [-0.15, -0.1) is 0 Å². The molecule has 0 amide bonds. The minimum atomic E-state index is -4.18. The molecule has 6 nitrogen and oxygen atoms in total. The number of pyridine rings is 1. The number of benzene rings is 3. The molecule has 0 saturated carbocycles. The molecule has 1 aromatic heterocycles. The molecule has 0 radical (unpaired) electrons. The van der Waals surface area contributed by atoms with Crippen molar-refractivity contribution in [1.29, 1.82) is 0 Å². The van der Waals surface area contributed by atoms with Crippen molar-refractivity contribution in [3.63, 3.8) is 0 Å². The summed E-state index contributed by atoms with van der Waals surface area (Å²) in [4.78, 5) is 13.1. The third-order valence-electron chi connectivity index (χ3n) is 4.89. The Balaban J connectivity index is 2.02. The molecular formula is C23H19NO5S. The molecule has 3 aromatic carbocycles. The van der Waals surface area contributed by atoms with Gasteiger partial charge in [-0.3, -0.25) is 4.79 Å². The SMILES string of the molecule is COc1ccc(S(=O)(=O)n2cc(-c3ccccc3)c3ccccc3c2=O)cc1OC. The first-order valence-corrected chi connectivity index (χ1v) is 10.6. The Hall–Kier alpha value is -3.58. The fraction of sp³-hybridized carbons (Fsp3) is 0.0870. The Morgan fingerprint density at radius 1 is 0.767 bits per heavy atom. The Morgan fingerprint density at radius 3 is 2.07 bits per heavy atom. The zero-order valence-electron chi connectivity index (χ0n) is 16.4. The third-order valence-corrected chi connectivity index (χ3v) is 6.53. The van der Waals surface area contributed by atoms with E-state index in [1.807, 2.05) is 42.5 Å². The largest absolute Gasteiger partial charge is 0.493 e. The summed E-state index contributed by atoms with van der Waals surface area (Å²) in [5.41, 5.74) is 0.847. The molecule has 152 valence electrons. The average Bonchev–Trinajstić information content (AvgIpc) is 2.79. The lowest BCUT2D eigenvalue weighted by atomic mass is 10.0. The summed E-state index contributed by atoms with van der Waals surface area (Å²) in [5, 5.41) is 1.01. The molecule has 0 N–H and O–H groups in total. The van der Waals surface area contributed by atoms with Crippen LogP contribution in [0.1, 0.15) is 0 Å². The Morgan fingerprint density at radius 2 is 1.40 bits per heavy atom. The van der Waals surface area contributed by atoms with E-state index in [2.05, 4.69) is 0 Å². The van der Waals surface area contributed by atoms with Gasteiger partial charge in [-0.1, -0.05) is 48.5 Å². The summed E-state index contributed by atoms with van der Waals surface area (Å²) in [5.74, 6) is 0.656. The van der Waals surface area contributed by atoms with Crippen molar-refractivity contribution in [1.82, 2.24) is 3.97 Å². The van der Waals surface area contributed by atoms with Gasteiger partial charge in [-0.25, -0.2) is 12.4 Å². The average molecular weight is 421 g/mol. The fourth-order valence-electron chi connectivity index (χ4n) is 3.39. The van der Waals surface area contributed by atoms with E-state index in [-0.39, 0.29) is 10.6 Å². The number of fused-ring (bicyclic) bond motifs is 1. The molecule has 0 aliphatic rings. The van der Waals surface area contributed by atoms with E-state index in [4.69, 9.17) is 9.47 Å². The molecule has 0 spiro atoms. The Kier molecular flexibility index (Phi) is 5.05. The van der Waals surface area contributed by atoms with Gasteiger partial charge in [0.1, 0.15) is 0 Å². The lowest BCUT2D eigenvalue weighted by Crippen LogP contribution is -2.27. The van der Waals surface area contributed by atoms with Gasteiger partial charge in [0.2, 0.25) is 0 Å². The molecule has 0 saturated heterocycles. The number of hydrogen-bond donors (Lipinski definition) is 0. The minimum Gasteiger partial charge on any atom is -0.493 e. The first-order chi connectivity index (χ1) is 14.5. The number of rotatable bonds is 5. The van der Waals surface area contributed by atoms with Gasteiger partial charge in [-0.05, 0) is 29.1 Å². The predicted molar refractivity (Wildman–Crippen MR) is 116 cm³/mol.